The third kappa shape index (κ3) is 6.26. The number of amides is 1. The number of benzene rings is 1. The highest BCUT2D eigenvalue weighted by Gasteiger charge is 2.35. The molecule has 1 aromatic rings. The van der Waals surface area contributed by atoms with E-state index in [4.69, 9.17) is 14.7 Å². The lowest BCUT2D eigenvalue weighted by Crippen LogP contribution is -2.51. The van der Waals surface area contributed by atoms with Gasteiger partial charge in [-0.1, -0.05) is 24.3 Å². The maximum atomic E-state index is 12.6. The van der Waals surface area contributed by atoms with Crippen LogP contribution in [0.25, 0.3) is 0 Å². The van der Waals surface area contributed by atoms with E-state index in [0.717, 1.165) is 30.4 Å². The number of nitriles is 1. The quantitative estimate of drug-likeness (QED) is 0.714. The molecule has 1 aliphatic rings. The van der Waals surface area contributed by atoms with Crippen LogP contribution in [0, 0.1) is 11.3 Å². The van der Waals surface area contributed by atoms with E-state index in [2.05, 4.69) is 6.07 Å². The summed E-state index contributed by atoms with van der Waals surface area (Å²) in [6.45, 7) is 7.95. The number of hydrogen-bond donors (Lipinski definition) is 0. The van der Waals surface area contributed by atoms with Gasteiger partial charge in [-0.3, -0.25) is 4.79 Å². The van der Waals surface area contributed by atoms with Gasteiger partial charge >= 0.3 is 12.1 Å². The van der Waals surface area contributed by atoms with Crippen molar-refractivity contribution >= 4 is 12.1 Å². The standard InChI is InChI=1S/C22H30N2O4/c1-16(19-11-7-8-14-24(19)21(26)28-22(2,3)4)27-20(25)15-18-10-6-5-9-17(18)12-13-23/h5-6,9-10,16,19H,7-8,11-12,14-15H2,1-4H3/t16-,19+/m0/s1. The Bertz CT molecular complexity index is 733. The summed E-state index contributed by atoms with van der Waals surface area (Å²) in [4.78, 5) is 26.7. The van der Waals surface area contributed by atoms with Crippen LogP contribution < -0.4 is 0 Å². The van der Waals surface area contributed by atoms with Gasteiger partial charge in [-0.05, 0) is 58.1 Å². The van der Waals surface area contributed by atoms with Crippen molar-refractivity contribution in [2.45, 2.75) is 77.5 Å². The molecule has 0 aliphatic carbocycles. The van der Waals surface area contributed by atoms with Gasteiger partial charge in [0.2, 0.25) is 0 Å². The van der Waals surface area contributed by atoms with Gasteiger partial charge in [-0.2, -0.15) is 5.26 Å². The highest BCUT2D eigenvalue weighted by Crippen LogP contribution is 2.24. The van der Waals surface area contributed by atoms with Crippen molar-refractivity contribution in [3.63, 3.8) is 0 Å². The number of piperidine rings is 1. The zero-order valence-electron chi connectivity index (χ0n) is 17.2. The molecule has 1 aromatic carbocycles. The number of hydrogen-bond acceptors (Lipinski definition) is 5. The highest BCUT2D eigenvalue weighted by atomic mass is 16.6. The van der Waals surface area contributed by atoms with Crippen LogP contribution in [-0.4, -0.2) is 41.3 Å². The Hall–Kier alpha value is -2.55. The number of nitrogens with zero attached hydrogens (tertiary/aromatic N) is 2. The summed E-state index contributed by atoms with van der Waals surface area (Å²) >= 11 is 0. The molecule has 28 heavy (non-hydrogen) atoms. The zero-order valence-corrected chi connectivity index (χ0v) is 17.2. The van der Waals surface area contributed by atoms with Crippen molar-refractivity contribution in [1.29, 1.82) is 5.26 Å². The second-order valence-corrected chi connectivity index (χ2v) is 8.21. The van der Waals surface area contributed by atoms with Crippen LogP contribution >= 0.6 is 0 Å². The number of likely N-dealkylation sites (tertiary alicyclic amines) is 1. The van der Waals surface area contributed by atoms with E-state index in [1.54, 1.807) is 4.90 Å². The molecule has 1 heterocycles. The molecular weight excluding hydrogens is 356 g/mol. The molecule has 6 nitrogen and oxygen atoms in total. The first-order valence-electron chi connectivity index (χ1n) is 9.84. The lowest BCUT2D eigenvalue weighted by Gasteiger charge is -2.39. The third-order valence-corrected chi connectivity index (χ3v) is 4.76. The first-order valence-corrected chi connectivity index (χ1v) is 9.84. The van der Waals surface area contributed by atoms with Gasteiger partial charge in [-0.25, -0.2) is 4.79 Å². The van der Waals surface area contributed by atoms with E-state index in [9.17, 15) is 9.59 Å². The first-order chi connectivity index (χ1) is 13.2. The zero-order chi connectivity index (χ0) is 20.7. The number of rotatable bonds is 5. The van der Waals surface area contributed by atoms with Gasteiger partial charge < -0.3 is 14.4 Å². The summed E-state index contributed by atoms with van der Waals surface area (Å²) in [5.41, 5.74) is 1.07. The van der Waals surface area contributed by atoms with Gasteiger partial charge in [0, 0.05) is 6.54 Å². The van der Waals surface area contributed by atoms with Gasteiger partial charge in [0.15, 0.2) is 0 Å². The highest BCUT2D eigenvalue weighted by molar-refractivity contribution is 5.73. The predicted octanol–water partition coefficient (Wildman–Crippen LogP) is 4.02. The van der Waals surface area contributed by atoms with Gasteiger partial charge in [-0.15, -0.1) is 0 Å². The lowest BCUT2D eigenvalue weighted by atomic mass is 9.98. The minimum atomic E-state index is -0.566. The summed E-state index contributed by atoms with van der Waals surface area (Å²) in [6, 6.07) is 9.31. The molecule has 1 amide bonds. The van der Waals surface area contributed by atoms with E-state index in [1.807, 2.05) is 52.0 Å². The summed E-state index contributed by atoms with van der Waals surface area (Å²) in [5, 5.41) is 8.94. The van der Waals surface area contributed by atoms with E-state index >= 15 is 0 Å². The lowest BCUT2D eigenvalue weighted by molar-refractivity contribution is -0.151. The molecule has 0 aromatic heterocycles. The molecule has 1 aliphatic heterocycles. The Labute approximate surface area is 167 Å². The van der Waals surface area contributed by atoms with Crippen molar-refractivity contribution in [3.05, 3.63) is 35.4 Å². The third-order valence-electron chi connectivity index (χ3n) is 4.76. The maximum absolute atomic E-state index is 12.6. The average molecular weight is 386 g/mol. The van der Waals surface area contributed by atoms with Crippen LogP contribution in [0.2, 0.25) is 0 Å². The smallest absolute Gasteiger partial charge is 0.410 e. The number of ether oxygens (including phenoxy) is 2. The molecule has 152 valence electrons. The topological polar surface area (TPSA) is 79.6 Å². The molecule has 2 atom stereocenters. The van der Waals surface area contributed by atoms with Crippen molar-refractivity contribution < 1.29 is 19.1 Å². The summed E-state index contributed by atoms with van der Waals surface area (Å²) in [6.07, 6.45) is 2.26. The van der Waals surface area contributed by atoms with Crippen LogP contribution in [0.4, 0.5) is 4.79 Å². The Kier molecular flexibility index (Phi) is 7.45. The largest absolute Gasteiger partial charge is 0.460 e. The van der Waals surface area contributed by atoms with Crippen LogP contribution in [0.5, 0.6) is 0 Å². The molecule has 1 saturated heterocycles. The Morgan fingerprint density at radius 3 is 2.57 bits per heavy atom. The number of carbonyl (C=O) groups excluding carboxylic acids is 2. The number of carbonyl (C=O) groups is 2. The van der Waals surface area contributed by atoms with Crippen molar-refractivity contribution in [2.75, 3.05) is 6.54 Å². The molecule has 1 fully saturated rings. The van der Waals surface area contributed by atoms with Crippen LogP contribution in [-0.2, 0) is 27.1 Å². The molecule has 0 bridgehead atoms. The SMILES string of the molecule is C[C@H](OC(=O)Cc1ccccc1CC#N)[C@H]1CCCCN1C(=O)OC(C)(C)C. The van der Waals surface area contributed by atoms with Crippen molar-refractivity contribution in [1.82, 2.24) is 4.90 Å². The van der Waals surface area contributed by atoms with Crippen LogP contribution in [0.15, 0.2) is 24.3 Å². The van der Waals surface area contributed by atoms with Crippen LogP contribution in [0.1, 0.15) is 58.1 Å². The number of esters is 1. The monoisotopic (exact) mass is 386 g/mol. The van der Waals surface area contributed by atoms with E-state index in [0.29, 0.717) is 6.54 Å². The van der Waals surface area contributed by atoms with Gasteiger partial charge in [0.05, 0.1) is 25.0 Å². The fourth-order valence-corrected chi connectivity index (χ4v) is 3.46. The van der Waals surface area contributed by atoms with Crippen molar-refractivity contribution in [2.24, 2.45) is 0 Å². The van der Waals surface area contributed by atoms with E-state index in [1.165, 1.54) is 0 Å². The fraction of sp³-hybridized carbons (Fsp3) is 0.591. The molecule has 0 N–H and O–H groups in total. The average Bonchev–Trinajstić information content (AvgIpc) is 2.62. The molecule has 0 saturated carbocycles. The summed E-state index contributed by atoms with van der Waals surface area (Å²) in [7, 11) is 0. The molecule has 0 unspecified atom stereocenters. The molecule has 6 heteroatoms. The second-order valence-electron chi connectivity index (χ2n) is 8.21. The summed E-state index contributed by atoms with van der Waals surface area (Å²) in [5.74, 6) is -0.354. The minimum absolute atomic E-state index is 0.112. The van der Waals surface area contributed by atoms with Gasteiger partial charge in [0.1, 0.15) is 11.7 Å². The Morgan fingerprint density at radius 1 is 1.25 bits per heavy atom. The fourth-order valence-electron chi connectivity index (χ4n) is 3.46. The van der Waals surface area contributed by atoms with Crippen molar-refractivity contribution in [3.8, 4) is 6.07 Å². The Balaban J connectivity index is 2.01. The molecular formula is C22H30N2O4. The molecule has 2 rings (SSSR count). The van der Waals surface area contributed by atoms with E-state index in [-0.39, 0.29) is 30.9 Å². The Morgan fingerprint density at radius 2 is 1.93 bits per heavy atom. The normalized spacial score (nSPS) is 18.1. The summed E-state index contributed by atoms with van der Waals surface area (Å²) < 4.78 is 11.2. The minimum Gasteiger partial charge on any atom is -0.460 e. The van der Waals surface area contributed by atoms with E-state index < -0.39 is 11.7 Å². The first kappa shape index (κ1) is 21.7. The maximum Gasteiger partial charge on any atom is 0.410 e. The second kappa shape index (κ2) is 9.59. The molecule has 0 spiro atoms. The van der Waals surface area contributed by atoms with Gasteiger partial charge in [0.25, 0.3) is 0 Å². The van der Waals surface area contributed by atoms with Crippen LogP contribution in [0.3, 0.4) is 0 Å². The predicted molar refractivity (Wildman–Crippen MR) is 106 cm³/mol. The molecule has 0 radical (unpaired) electrons.